The Morgan fingerprint density at radius 1 is 1.40 bits per heavy atom. The quantitative estimate of drug-likeness (QED) is 0.809. The van der Waals surface area contributed by atoms with Crippen molar-refractivity contribution in [2.45, 2.75) is 18.6 Å². The smallest absolute Gasteiger partial charge is 0.245 e. The van der Waals surface area contributed by atoms with Crippen LogP contribution in [-0.2, 0) is 14.6 Å². The van der Waals surface area contributed by atoms with Gasteiger partial charge >= 0.3 is 0 Å². The number of ether oxygens (including phenoxy) is 1. The predicted octanol–water partition coefficient (Wildman–Crippen LogP) is 0.786. The summed E-state index contributed by atoms with van der Waals surface area (Å²) in [6.07, 6.45) is 1.04. The van der Waals surface area contributed by atoms with Gasteiger partial charge in [-0.1, -0.05) is 6.07 Å². The predicted molar refractivity (Wildman–Crippen MR) is 78.5 cm³/mol. The number of benzene rings is 1. The van der Waals surface area contributed by atoms with Crippen molar-refractivity contribution < 1.29 is 17.9 Å². The number of hydrogen-bond acceptors (Lipinski definition) is 5. The van der Waals surface area contributed by atoms with Crippen molar-refractivity contribution >= 4 is 21.4 Å². The van der Waals surface area contributed by atoms with Crippen molar-refractivity contribution in [3.63, 3.8) is 0 Å². The maximum atomic E-state index is 12.1. The summed E-state index contributed by atoms with van der Waals surface area (Å²) >= 11 is 0. The van der Waals surface area contributed by atoms with Gasteiger partial charge in [0.15, 0.2) is 9.84 Å². The first kappa shape index (κ1) is 16.5. The Balaban J connectivity index is 2.86. The summed E-state index contributed by atoms with van der Waals surface area (Å²) in [5.41, 5.74) is 5.81. The first-order valence-corrected chi connectivity index (χ1v) is 8.01. The summed E-state index contributed by atoms with van der Waals surface area (Å²) in [7, 11) is -3.51. The molecule has 112 valence electrons. The Kier molecular flexibility index (Phi) is 5.13. The van der Waals surface area contributed by atoms with Crippen molar-refractivity contribution in [3.8, 4) is 5.75 Å². The molecule has 0 aromatic heterocycles. The monoisotopic (exact) mass is 300 g/mol. The molecule has 0 saturated carbocycles. The zero-order valence-electron chi connectivity index (χ0n) is 11.8. The zero-order valence-corrected chi connectivity index (χ0v) is 12.7. The molecule has 1 aromatic carbocycles. The van der Waals surface area contributed by atoms with Gasteiger partial charge in [0.05, 0.1) is 0 Å². The van der Waals surface area contributed by atoms with Crippen molar-refractivity contribution in [2.75, 3.05) is 24.7 Å². The molecule has 0 radical (unpaired) electrons. The molecule has 0 bridgehead atoms. The fourth-order valence-corrected chi connectivity index (χ4v) is 1.68. The normalized spacial score (nSPS) is 12.0. The van der Waals surface area contributed by atoms with Gasteiger partial charge in [-0.3, -0.25) is 4.79 Å². The molecule has 0 fully saturated rings. The third-order valence-corrected chi connectivity index (χ3v) is 4.99. The van der Waals surface area contributed by atoms with E-state index in [4.69, 9.17) is 10.5 Å². The third kappa shape index (κ3) is 3.94. The molecular formula is C13H20N2O4S. The highest BCUT2D eigenvalue weighted by atomic mass is 32.2. The zero-order chi connectivity index (χ0) is 15.4. The minimum atomic E-state index is -3.51. The van der Waals surface area contributed by atoms with Gasteiger partial charge in [0.1, 0.15) is 17.1 Å². The summed E-state index contributed by atoms with van der Waals surface area (Å²) in [4.78, 5) is 12.1. The molecule has 0 atom stereocenters. The molecule has 0 aliphatic heterocycles. The van der Waals surface area contributed by atoms with Crippen LogP contribution in [0.25, 0.3) is 0 Å². The number of amides is 1. The second kappa shape index (κ2) is 6.23. The van der Waals surface area contributed by atoms with Crippen LogP contribution in [0.3, 0.4) is 0 Å². The molecule has 0 unspecified atom stereocenters. The van der Waals surface area contributed by atoms with Crippen LogP contribution < -0.4 is 15.8 Å². The van der Waals surface area contributed by atoms with Crippen LogP contribution in [0, 0.1) is 0 Å². The van der Waals surface area contributed by atoms with E-state index in [9.17, 15) is 13.2 Å². The van der Waals surface area contributed by atoms with Gasteiger partial charge in [-0.05, 0) is 26.0 Å². The fourth-order valence-electron chi connectivity index (χ4n) is 1.29. The number of carbonyl (C=O) groups excluding carboxylic acids is 1. The number of hydrogen-bond donors (Lipinski definition) is 2. The lowest BCUT2D eigenvalue weighted by Crippen LogP contribution is -2.43. The van der Waals surface area contributed by atoms with Crippen LogP contribution in [0.5, 0.6) is 5.75 Å². The minimum Gasteiger partial charge on any atom is -0.492 e. The number of nitrogens with two attached hydrogens (primary N) is 1. The van der Waals surface area contributed by atoms with Gasteiger partial charge < -0.3 is 15.8 Å². The lowest BCUT2D eigenvalue weighted by atomic mass is 10.2. The van der Waals surface area contributed by atoms with Crippen LogP contribution in [0.1, 0.15) is 13.8 Å². The van der Waals surface area contributed by atoms with E-state index in [1.165, 1.54) is 13.8 Å². The first-order chi connectivity index (χ1) is 9.18. The number of rotatable bonds is 6. The third-order valence-electron chi connectivity index (χ3n) is 2.95. The second-order valence-corrected chi connectivity index (χ2v) is 7.47. The largest absolute Gasteiger partial charge is 0.492 e. The van der Waals surface area contributed by atoms with Crippen molar-refractivity contribution in [3.05, 3.63) is 24.3 Å². The number of carbonyl (C=O) groups is 1. The van der Waals surface area contributed by atoms with Gasteiger partial charge in [-0.2, -0.15) is 0 Å². The summed E-state index contributed by atoms with van der Waals surface area (Å²) in [5, 5.41) is 2.58. The SMILES string of the molecule is CC(C)(C(=O)Nc1cccc(OCCN)c1)S(C)(=O)=O. The molecule has 0 saturated heterocycles. The maximum absolute atomic E-state index is 12.1. The highest BCUT2D eigenvalue weighted by Crippen LogP contribution is 2.21. The standard InChI is InChI=1S/C13H20N2O4S/c1-13(2,20(3,17)18)12(16)15-10-5-4-6-11(9-10)19-8-7-14/h4-6,9H,7-8,14H2,1-3H3,(H,15,16). The van der Waals surface area contributed by atoms with E-state index in [1.807, 2.05) is 0 Å². The molecule has 0 aliphatic carbocycles. The van der Waals surface area contributed by atoms with E-state index >= 15 is 0 Å². The number of sulfone groups is 1. The molecule has 3 N–H and O–H groups in total. The lowest BCUT2D eigenvalue weighted by Gasteiger charge is -2.21. The van der Waals surface area contributed by atoms with Gasteiger partial charge in [0, 0.05) is 24.6 Å². The second-order valence-electron chi connectivity index (χ2n) is 4.90. The fraction of sp³-hybridized carbons (Fsp3) is 0.462. The molecule has 0 aliphatic rings. The van der Waals surface area contributed by atoms with Crippen LogP contribution in [0.15, 0.2) is 24.3 Å². The molecule has 1 rings (SSSR count). The first-order valence-electron chi connectivity index (χ1n) is 6.12. The summed E-state index contributed by atoms with van der Waals surface area (Å²) < 4.78 is 27.0. The molecule has 0 heterocycles. The molecule has 0 spiro atoms. The molecule has 1 amide bonds. The van der Waals surface area contributed by atoms with Crippen LogP contribution in [-0.4, -0.2) is 38.5 Å². The van der Waals surface area contributed by atoms with Crippen LogP contribution >= 0.6 is 0 Å². The summed E-state index contributed by atoms with van der Waals surface area (Å²) in [6.45, 7) is 3.49. The Labute approximate surface area is 119 Å². The van der Waals surface area contributed by atoms with Crippen LogP contribution in [0.4, 0.5) is 5.69 Å². The average molecular weight is 300 g/mol. The van der Waals surface area contributed by atoms with E-state index in [0.717, 1.165) is 6.26 Å². The van der Waals surface area contributed by atoms with Gasteiger partial charge in [0.25, 0.3) is 0 Å². The molecule has 20 heavy (non-hydrogen) atoms. The Morgan fingerprint density at radius 3 is 2.60 bits per heavy atom. The van der Waals surface area contributed by atoms with Crippen molar-refractivity contribution in [2.24, 2.45) is 5.73 Å². The number of nitrogens with one attached hydrogen (secondary N) is 1. The molecular weight excluding hydrogens is 280 g/mol. The van der Waals surface area contributed by atoms with E-state index in [-0.39, 0.29) is 0 Å². The van der Waals surface area contributed by atoms with Gasteiger partial charge in [0.2, 0.25) is 5.91 Å². The van der Waals surface area contributed by atoms with Crippen LogP contribution in [0.2, 0.25) is 0 Å². The molecule has 6 nitrogen and oxygen atoms in total. The van der Waals surface area contributed by atoms with Crippen molar-refractivity contribution in [1.82, 2.24) is 0 Å². The maximum Gasteiger partial charge on any atom is 0.245 e. The van der Waals surface area contributed by atoms with Gasteiger partial charge in [-0.15, -0.1) is 0 Å². The minimum absolute atomic E-state index is 0.367. The molecule has 7 heteroatoms. The van der Waals surface area contributed by atoms with E-state index in [2.05, 4.69) is 5.32 Å². The highest BCUT2D eigenvalue weighted by molar-refractivity contribution is 7.92. The summed E-state index contributed by atoms with van der Waals surface area (Å²) in [6, 6.07) is 6.71. The number of anilines is 1. The van der Waals surface area contributed by atoms with E-state index in [0.29, 0.717) is 24.6 Å². The average Bonchev–Trinajstić information content (AvgIpc) is 2.35. The van der Waals surface area contributed by atoms with Crippen molar-refractivity contribution in [1.29, 1.82) is 0 Å². The van der Waals surface area contributed by atoms with E-state index < -0.39 is 20.5 Å². The highest BCUT2D eigenvalue weighted by Gasteiger charge is 2.38. The lowest BCUT2D eigenvalue weighted by molar-refractivity contribution is -0.117. The Morgan fingerprint density at radius 2 is 2.05 bits per heavy atom. The topological polar surface area (TPSA) is 98.5 Å². The van der Waals surface area contributed by atoms with Gasteiger partial charge in [-0.25, -0.2) is 8.42 Å². The molecule has 1 aromatic rings. The van der Waals surface area contributed by atoms with E-state index in [1.54, 1.807) is 24.3 Å². The Bertz CT molecular complexity index is 582. The summed E-state index contributed by atoms with van der Waals surface area (Å²) in [5.74, 6) is -0.0265. The Hall–Kier alpha value is -1.60.